The number of hydrogen-bond donors (Lipinski definition) is 1. The minimum atomic E-state index is 0.430. The number of nitrogens with zero attached hydrogens (tertiary/aromatic N) is 1. The van der Waals surface area contributed by atoms with E-state index in [1.54, 1.807) is 36.5 Å². The molecule has 0 heterocycles. The van der Waals surface area contributed by atoms with E-state index in [0.29, 0.717) is 28.2 Å². The lowest BCUT2D eigenvalue weighted by Gasteiger charge is -2.08. The molecule has 0 spiro atoms. The Morgan fingerprint density at radius 1 is 1.14 bits per heavy atom. The maximum atomic E-state index is 6.10. The van der Waals surface area contributed by atoms with Gasteiger partial charge >= 0.3 is 0 Å². The number of hydrazone groups is 1. The topological polar surface area (TPSA) is 33.6 Å². The zero-order valence-electron chi connectivity index (χ0n) is 11.9. The van der Waals surface area contributed by atoms with Crippen molar-refractivity contribution in [1.29, 1.82) is 0 Å². The van der Waals surface area contributed by atoms with Gasteiger partial charge in [0.2, 0.25) is 0 Å². The average molecular weight is 358 g/mol. The molecule has 0 aliphatic heterocycles. The highest BCUT2D eigenvalue weighted by Crippen LogP contribution is 2.24. The van der Waals surface area contributed by atoms with E-state index in [2.05, 4.69) is 10.5 Å². The second kappa shape index (κ2) is 8.28. The predicted molar refractivity (Wildman–Crippen MR) is 93.5 cm³/mol. The molecule has 22 heavy (non-hydrogen) atoms. The third-order valence-electron chi connectivity index (χ3n) is 2.88. The molecule has 0 aliphatic rings. The van der Waals surface area contributed by atoms with Crippen LogP contribution in [0.1, 0.15) is 18.1 Å². The largest absolute Gasteiger partial charge is 0.493 e. The van der Waals surface area contributed by atoms with Gasteiger partial charge in [-0.2, -0.15) is 5.10 Å². The Morgan fingerprint density at radius 2 is 1.86 bits per heavy atom. The lowest BCUT2D eigenvalue weighted by Crippen LogP contribution is -2.07. The predicted octanol–water partition coefficient (Wildman–Crippen LogP) is 5.17. The quantitative estimate of drug-likeness (QED) is 0.571. The summed E-state index contributed by atoms with van der Waals surface area (Å²) in [5.74, 6) is 0.730. The normalized spacial score (nSPS) is 10.9. The van der Waals surface area contributed by atoms with Crippen LogP contribution in [0.3, 0.4) is 0 Å². The summed E-state index contributed by atoms with van der Waals surface area (Å²) in [5, 5.41) is 6.01. The summed E-state index contributed by atoms with van der Waals surface area (Å²) >= 11 is 18.2. The number of rotatable bonds is 6. The lowest BCUT2D eigenvalue weighted by molar-refractivity contribution is 0.340. The summed E-state index contributed by atoms with van der Waals surface area (Å²) in [5.41, 5.74) is 4.53. The van der Waals surface area contributed by atoms with E-state index >= 15 is 0 Å². The lowest BCUT2D eigenvalue weighted by atomic mass is 10.2. The van der Waals surface area contributed by atoms with Gasteiger partial charge in [-0.15, -0.1) is 0 Å². The fourth-order valence-corrected chi connectivity index (χ4v) is 2.56. The van der Waals surface area contributed by atoms with Gasteiger partial charge in [0.1, 0.15) is 5.75 Å². The summed E-state index contributed by atoms with van der Waals surface area (Å²) < 4.78 is 5.53. The van der Waals surface area contributed by atoms with Crippen molar-refractivity contribution >= 4 is 41.0 Å². The molecule has 0 aliphatic carbocycles. The van der Waals surface area contributed by atoms with Crippen LogP contribution >= 0.6 is 34.8 Å². The molecule has 2 aromatic rings. The minimum absolute atomic E-state index is 0.430. The van der Waals surface area contributed by atoms with Crippen molar-refractivity contribution in [3.8, 4) is 5.75 Å². The van der Waals surface area contributed by atoms with Crippen molar-refractivity contribution in [3.05, 3.63) is 62.6 Å². The first-order valence-corrected chi connectivity index (χ1v) is 7.86. The van der Waals surface area contributed by atoms with Crippen molar-refractivity contribution in [3.63, 3.8) is 0 Å². The SMILES string of the molecule is CCOc1ccc(Cl)cc1/C=N/NCc1c(Cl)cccc1Cl. The standard InChI is InChI=1S/C16H15Cl3N2O/c1-2-22-16-7-6-12(17)8-11(16)9-20-21-10-13-14(18)4-3-5-15(13)19/h3-9,21H,2,10H2,1H3/b20-9+. The fraction of sp³-hybridized carbons (Fsp3) is 0.188. The van der Waals surface area contributed by atoms with Gasteiger partial charge < -0.3 is 10.2 Å². The zero-order chi connectivity index (χ0) is 15.9. The Labute approximate surface area is 144 Å². The summed E-state index contributed by atoms with van der Waals surface area (Å²) in [6.45, 7) is 2.93. The molecule has 0 radical (unpaired) electrons. The molecule has 0 unspecified atom stereocenters. The number of ether oxygens (including phenoxy) is 1. The molecular weight excluding hydrogens is 343 g/mol. The van der Waals surface area contributed by atoms with E-state index in [-0.39, 0.29) is 0 Å². The van der Waals surface area contributed by atoms with Crippen LogP contribution in [0.5, 0.6) is 5.75 Å². The van der Waals surface area contributed by atoms with Crippen LogP contribution in [-0.2, 0) is 6.54 Å². The van der Waals surface area contributed by atoms with Crippen molar-refractivity contribution < 1.29 is 4.74 Å². The Balaban J connectivity index is 2.05. The van der Waals surface area contributed by atoms with Gasteiger partial charge in [-0.1, -0.05) is 40.9 Å². The first-order chi connectivity index (χ1) is 10.6. The average Bonchev–Trinajstić information content (AvgIpc) is 2.48. The fourth-order valence-electron chi connectivity index (χ4n) is 1.85. The van der Waals surface area contributed by atoms with Gasteiger partial charge in [0, 0.05) is 26.2 Å². The molecule has 2 rings (SSSR count). The number of benzene rings is 2. The van der Waals surface area contributed by atoms with Crippen molar-refractivity contribution in [1.82, 2.24) is 5.43 Å². The first kappa shape index (κ1) is 16.9. The maximum absolute atomic E-state index is 6.10. The number of halogens is 3. The van der Waals surface area contributed by atoms with Crippen LogP contribution < -0.4 is 10.2 Å². The highest BCUT2D eigenvalue weighted by atomic mass is 35.5. The van der Waals surface area contributed by atoms with Crippen LogP contribution in [-0.4, -0.2) is 12.8 Å². The molecule has 0 aromatic heterocycles. The van der Waals surface area contributed by atoms with Gasteiger partial charge in [-0.25, -0.2) is 0 Å². The van der Waals surface area contributed by atoms with Crippen LogP contribution in [0, 0.1) is 0 Å². The minimum Gasteiger partial charge on any atom is -0.493 e. The van der Waals surface area contributed by atoms with E-state index < -0.39 is 0 Å². The molecule has 116 valence electrons. The third kappa shape index (κ3) is 4.54. The summed E-state index contributed by atoms with van der Waals surface area (Å²) in [6, 6.07) is 10.8. The Hall–Kier alpha value is -1.42. The molecule has 1 N–H and O–H groups in total. The maximum Gasteiger partial charge on any atom is 0.128 e. The van der Waals surface area contributed by atoms with Crippen molar-refractivity contribution in [2.24, 2.45) is 5.10 Å². The van der Waals surface area contributed by atoms with Gasteiger partial charge in [-0.3, -0.25) is 0 Å². The second-order valence-corrected chi connectivity index (χ2v) is 5.66. The van der Waals surface area contributed by atoms with E-state index in [4.69, 9.17) is 39.5 Å². The van der Waals surface area contributed by atoms with E-state index in [1.165, 1.54) is 0 Å². The van der Waals surface area contributed by atoms with Crippen LogP contribution in [0.2, 0.25) is 15.1 Å². The summed E-state index contributed by atoms with van der Waals surface area (Å²) in [7, 11) is 0. The van der Waals surface area contributed by atoms with Crippen LogP contribution in [0.25, 0.3) is 0 Å². The van der Waals surface area contributed by atoms with E-state index in [0.717, 1.165) is 16.9 Å². The third-order valence-corrected chi connectivity index (χ3v) is 3.83. The summed E-state index contributed by atoms with van der Waals surface area (Å²) in [4.78, 5) is 0. The van der Waals surface area contributed by atoms with E-state index in [9.17, 15) is 0 Å². The monoisotopic (exact) mass is 356 g/mol. The Morgan fingerprint density at radius 3 is 2.55 bits per heavy atom. The smallest absolute Gasteiger partial charge is 0.128 e. The first-order valence-electron chi connectivity index (χ1n) is 6.73. The summed E-state index contributed by atoms with van der Waals surface area (Å²) in [6.07, 6.45) is 1.65. The number of hydrogen-bond acceptors (Lipinski definition) is 3. The highest BCUT2D eigenvalue weighted by molar-refractivity contribution is 6.36. The molecule has 0 saturated heterocycles. The molecule has 6 heteroatoms. The highest BCUT2D eigenvalue weighted by Gasteiger charge is 2.04. The molecule has 0 amide bonds. The van der Waals surface area contributed by atoms with Crippen LogP contribution in [0.4, 0.5) is 0 Å². The molecule has 0 bridgehead atoms. The molecule has 0 atom stereocenters. The van der Waals surface area contributed by atoms with Gasteiger partial charge in [0.25, 0.3) is 0 Å². The van der Waals surface area contributed by atoms with Crippen molar-refractivity contribution in [2.75, 3.05) is 6.61 Å². The van der Waals surface area contributed by atoms with Gasteiger partial charge in [0.15, 0.2) is 0 Å². The molecule has 3 nitrogen and oxygen atoms in total. The second-order valence-electron chi connectivity index (χ2n) is 4.41. The van der Waals surface area contributed by atoms with Gasteiger partial charge in [0.05, 0.1) is 19.4 Å². The Bertz CT molecular complexity index is 654. The molecule has 0 fully saturated rings. The Kier molecular flexibility index (Phi) is 6.37. The molecule has 2 aromatic carbocycles. The van der Waals surface area contributed by atoms with E-state index in [1.807, 2.05) is 13.0 Å². The zero-order valence-corrected chi connectivity index (χ0v) is 14.2. The van der Waals surface area contributed by atoms with Crippen molar-refractivity contribution in [2.45, 2.75) is 13.5 Å². The van der Waals surface area contributed by atoms with Crippen LogP contribution in [0.15, 0.2) is 41.5 Å². The number of nitrogens with one attached hydrogen (secondary N) is 1. The van der Waals surface area contributed by atoms with Gasteiger partial charge in [-0.05, 0) is 37.3 Å². The molecule has 0 saturated carbocycles. The molecular formula is C16H15Cl3N2O.